The average molecular weight is 363 g/mol. The van der Waals surface area contributed by atoms with Gasteiger partial charge in [0.1, 0.15) is 5.75 Å². The molecule has 1 aliphatic rings. The van der Waals surface area contributed by atoms with Crippen LogP contribution in [0.4, 0.5) is 5.69 Å². The lowest BCUT2D eigenvalue weighted by molar-refractivity contribution is 0.405. The van der Waals surface area contributed by atoms with E-state index in [1.165, 1.54) is 0 Å². The van der Waals surface area contributed by atoms with Crippen LogP contribution in [0.1, 0.15) is 23.6 Å². The Kier molecular flexibility index (Phi) is 4.63. The van der Waals surface area contributed by atoms with Crippen molar-refractivity contribution in [2.75, 3.05) is 12.1 Å². The van der Waals surface area contributed by atoms with Crippen LogP contribution in [0.5, 0.6) is 5.75 Å². The Morgan fingerprint density at radius 1 is 0.923 bits per heavy atom. The first-order valence-corrected chi connectivity index (χ1v) is 8.95. The molecule has 3 aromatic rings. The van der Waals surface area contributed by atoms with E-state index in [1.54, 1.807) is 7.11 Å². The topological polar surface area (TPSA) is 24.8 Å². The Morgan fingerprint density at radius 3 is 2.38 bits per heavy atom. The van der Waals surface area contributed by atoms with Crippen LogP contribution >= 0.6 is 11.6 Å². The van der Waals surface area contributed by atoms with Crippen molar-refractivity contribution < 1.29 is 4.74 Å². The van der Waals surface area contributed by atoms with Gasteiger partial charge in [-0.3, -0.25) is 5.01 Å². The van der Waals surface area contributed by atoms with Crippen molar-refractivity contribution in [3.05, 3.63) is 95.0 Å². The van der Waals surface area contributed by atoms with E-state index in [0.29, 0.717) is 0 Å². The number of anilines is 1. The molecular weight excluding hydrogens is 344 g/mol. The zero-order chi connectivity index (χ0) is 17.9. The molecule has 26 heavy (non-hydrogen) atoms. The highest BCUT2D eigenvalue weighted by Crippen LogP contribution is 2.40. The fourth-order valence-electron chi connectivity index (χ4n) is 3.37. The Labute approximate surface area is 158 Å². The zero-order valence-corrected chi connectivity index (χ0v) is 15.2. The summed E-state index contributed by atoms with van der Waals surface area (Å²) in [5.74, 6) is 0.869. The summed E-state index contributed by atoms with van der Waals surface area (Å²) < 4.78 is 5.60. The van der Waals surface area contributed by atoms with Gasteiger partial charge in [-0.15, -0.1) is 0 Å². The van der Waals surface area contributed by atoms with Crippen LogP contribution < -0.4 is 9.75 Å². The SMILES string of the molecule is COc1ccccc1[C@H]1CC(c2ccccc2Cl)=NN1c1ccccc1. The summed E-state index contributed by atoms with van der Waals surface area (Å²) in [6.45, 7) is 0. The van der Waals surface area contributed by atoms with Crippen LogP contribution in [0, 0.1) is 0 Å². The first kappa shape index (κ1) is 16.7. The smallest absolute Gasteiger partial charge is 0.124 e. The Morgan fingerprint density at radius 2 is 1.62 bits per heavy atom. The van der Waals surface area contributed by atoms with Crippen LogP contribution in [0.25, 0.3) is 0 Å². The van der Waals surface area contributed by atoms with Gasteiger partial charge in [0.2, 0.25) is 0 Å². The number of methoxy groups -OCH3 is 1. The van der Waals surface area contributed by atoms with E-state index >= 15 is 0 Å². The molecule has 130 valence electrons. The van der Waals surface area contributed by atoms with Crippen LogP contribution in [-0.4, -0.2) is 12.8 Å². The minimum absolute atomic E-state index is 0.0554. The standard InChI is InChI=1S/C22H19ClN2O/c1-26-22-14-8-6-12-18(22)21-15-20(17-11-5-7-13-19(17)23)24-25(21)16-9-3-2-4-10-16/h2-14,21H,15H2,1H3/t21-/m1/s1. The van der Waals surface area contributed by atoms with Gasteiger partial charge in [-0.25, -0.2) is 0 Å². The molecule has 3 aromatic carbocycles. The highest BCUT2D eigenvalue weighted by molar-refractivity contribution is 6.34. The molecule has 1 atom stereocenters. The summed E-state index contributed by atoms with van der Waals surface area (Å²) in [7, 11) is 1.70. The maximum Gasteiger partial charge on any atom is 0.124 e. The molecule has 3 nitrogen and oxygen atoms in total. The third kappa shape index (κ3) is 3.06. The molecule has 0 saturated carbocycles. The second-order valence-electron chi connectivity index (χ2n) is 6.17. The lowest BCUT2D eigenvalue weighted by Crippen LogP contribution is -2.19. The van der Waals surface area contributed by atoms with E-state index < -0.39 is 0 Å². The largest absolute Gasteiger partial charge is 0.496 e. The second kappa shape index (κ2) is 7.22. The molecule has 1 heterocycles. The zero-order valence-electron chi connectivity index (χ0n) is 14.5. The molecule has 0 amide bonds. The van der Waals surface area contributed by atoms with Gasteiger partial charge in [0.05, 0.1) is 24.6 Å². The summed E-state index contributed by atoms with van der Waals surface area (Å²) in [5, 5.41) is 7.72. The van der Waals surface area contributed by atoms with E-state index in [9.17, 15) is 0 Å². The van der Waals surface area contributed by atoms with Gasteiger partial charge in [-0.2, -0.15) is 5.10 Å². The van der Waals surface area contributed by atoms with Crippen LogP contribution in [-0.2, 0) is 0 Å². The maximum absolute atomic E-state index is 6.43. The van der Waals surface area contributed by atoms with Gasteiger partial charge in [0.15, 0.2) is 0 Å². The predicted octanol–water partition coefficient (Wildman–Crippen LogP) is 5.70. The quantitative estimate of drug-likeness (QED) is 0.594. The van der Waals surface area contributed by atoms with Crippen molar-refractivity contribution in [3.63, 3.8) is 0 Å². The van der Waals surface area contributed by atoms with Gasteiger partial charge in [-0.05, 0) is 24.3 Å². The molecule has 0 aliphatic carbocycles. The molecule has 0 saturated heterocycles. The Bertz CT molecular complexity index is 940. The highest BCUT2D eigenvalue weighted by Gasteiger charge is 2.32. The molecule has 1 aliphatic heterocycles. The number of para-hydroxylation sites is 2. The van der Waals surface area contributed by atoms with Crippen LogP contribution in [0.2, 0.25) is 5.02 Å². The first-order valence-electron chi connectivity index (χ1n) is 8.57. The number of rotatable bonds is 4. The van der Waals surface area contributed by atoms with E-state index in [-0.39, 0.29) is 6.04 Å². The second-order valence-corrected chi connectivity index (χ2v) is 6.58. The Hall–Kier alpha value is -2.78. The van der Waals surface area contributed by atoms with E-state index in [0.717, 1.165) is 39.7 Å². The molecule has 0 spiro atoms. The molecule has 0 aromatic heterocycles. The maximum atomic E-state index is 6.43. The molecule has 0 fully saturated rings. The monoisotopic (exact) mass is 362 g/mol. The number of ether oxygens (including phenoxy) is 1. The molecule has 0 unspecified atom stereocenters. The van der Waals surface area contributed by atoms with Crippen molar-refractivity contribution >= 4 is 23.0 Å². The summed E-state index contributed by atoms with van der Waals surface area (Å²) in [4.78, 5) is 0. The minimum Gasteiger partial charge on any atom is -0.496 e. The third-order valence-corrected chi connectivity index (χ3v) is 4.94. The van der Waals surface area contributed by atoms with Gasteiger partial charge >= 0.3 is 0 Å². The van der Waals surface area contributed by atoms with Gasteiger partial charge in [0, 0.05) is 22.6 Å². The summed E-state index contributed by atoms with van der Waals surface area (Å²) >= 11 is 6.43. The van der Waals surface area contributed by atoms with Crippen LogP contribution in [0.3, 0.4) is 0 Å². The first-order chi connectivity index (χ1) is 12.8. The molecule has 4 heteroatoms. The Balaban J connectivity index is 1.80. The highest BCUT2D eigenvalue weighted by atomic mass is 35.5. The normalized spacial score (nSPS) is 16.5. The molecule has 0 N–H and O–H groups in total. The molecule has 4 rings (SSSR count). The molecule has 0 radical (unpaired) electrons. The van der Waals surface area contributed by atoms with E-state index in [4.69, 9.17) is 21.4 Å². The number of benzene rings is 3. The predicted molar refractivity (Wildman–Crippen MR) is 107 cm³/mol. The fraction of sp³-hybridized carbons (Fsp3) is 0.136. The third-order valence-electron chi connectivity index (χ3n) is 4.61. The average Bonchev–Trinajstić information content (AvgIpc) is 3.14. The van der Waals surface area contributed by atoms with Crippen molar-refractivity contribution in [1.82, 2.24) is 0 Å². The summed E-state index contributed by atoms with van der Waals surface area (Å²) in [6.07, 6.45) is 0.763. The number of nitrogens with zero attached hydrogens (tertiary/aromatic N) is 2. The van der Waals surface area contributed by atoms with E-state index in [1.807, 2.05) is 60.7 Å². The van der Waals surface area contributed by atoms with Crippen molar-refractivity contribution in [3.8, 4) is 5.75 Å². The summed E-state index contributed by atoms with van der Waals surface area (Å²) in [5.41, 5.74) is 4.12. The number of hydrogen-bond donors (Lipinski definition) is 0. The van der Waals surface area contributed by atoms with Crippen molar-refractivity contribution in [2.24, 2.45) is 5.10 Å². The van der Waals surface area contributed by atoms with Crippen molar-refractivity contribution in [1.29, 1.82) is 0 Å². The molecule has 0 bridgehead atoms. The van der Waals surface area contributed by atoms with Crippen LogP contribution in [0.15, 0.2) is 84.0 Å². The van der Waals surface area contributed by atoms with Gasteiger partial charge < -0.3 is 4.74 Å². The lowest BCUT2D eigenvalue weighted by atomic mass is 9.97. The number of halogens is 1. The molecular formula is C22H19ClN2O. The fourth-order valence-corrected chi connectivity index (χ4v) is 3.62. The lowest BCUT2D eigenvalue weighted by Gasteiger charge is -2.25. The number of hydrogen-bond acceptors (Lipinski definition) is 3. The summed E-state index contributed by atoms with van der Waals surface area (Å²) in [6, 6.07) is 26.2. The van der Waals surface area contributed by atoms with Gasteiger partial charge in [-0.1, -0.05) is 66.2 Å². The van der Waals surface area contributed by atoms with E-state index in [2.05, 4.69) is 23.2 Å². The van der Waals surface area contributed by atoms with Crippen molar-refractivity contribution in [2.45, 2.75) is 12.5 Å². The van der Waals surface area contributed by atoms with Gasteiger partial charge in [0.25, 0.3) is 0 Å². The minimum atomic E-state index is 0.0554. The number of hydrazone groups is 1.